The molecule has 1 aliphatic rings. The zero-order valence-corrected chi connectivity index (χ0v) is 15.7. The van der Waals surface area contributed by atoms with Gasteiger partial charge in [0.1, 0.15) is 0 Å². The van der Waals surface area contributed by atoms with E-state index < -0.39 is 0 Å². The first-order chi connectivity index (χ1) is 13.6. The van der Waals surface area contributed by atoms with Crippen molar-refractivity contribution in [2.75, 3.05) is 0 Å². The van der Waals surface area contributed by atoms with Crippen molar-refractivity contribution in [2.24, 2.45) is 0 Å². The number of carbonyl (C=O) groups excluding carboxylic acids is 2. The third kappa shape index (κ3) is 2.21. The largest absolute Gasteiger partial charge is 0.289 e. The first-order valence-corrected chi connectivity index (χ1v) is 9.38. The van der Waals surface area contributed by atoms with Gasteiger partial charge in [-0.25, -0.2) is 0 Å². The van der Waals surface area contributed by atoms with E-state index in [0.29, 0.717) is 22.3 Å². The van der Waals surface area contributed by atoms with Crippen LogP contribution < -0.4 is 0 Å². The highest BCUT2D eigenvalue weighted by atomic mass is 16.1. The maximum atomic E-state index is 13.5. The number of fused-ring (bicyclic) bond motifs is 3. The van der Waals surface area contributed by atoms with Crippen LogP contribution in [0.4, 0.5) is 0 Å². The van der Waals surface area contributed by atoms with Crippen molar-refractivity contribution in [2.45, 2.75) is 13.8 Å². The topological polar surface area (TPSA) is 34.1 Å². The Bertz CT molecular complexity index is 1310. The molecule has 0 spiro atoms. The molecule has 4 aromatic carbocycles. The van der Waals surface area contributed by atoms with Gasteiger partial charge < -0.3 is 0 Å². The van der Waals surface area contributed by atoms with E-state index in [9.17, 15) is 9.59 Å². The SMILES string of the molecule is Cc1ccccc1-c1c2c(cc3c(C)cccc13)C(=O)c1ccccc1C2=O. The van der Waals surface area contributed by atoms with Crippen molar-refractivity contribution in [1.82, 2.24) is 0 Å². The highest BCUT2D eigenvalue weighted by Crippen LogP contribution is 2.41. The molecule has 1 aliphatic carbocycles. The molecular formula is C26H18O2. The molecule has 2 heteroatoms. The lowest BCUT2D eigenvalue weighted by Crippen LogP contribution is -2.22. The van der Waals surface area contributed by atoms with Crippen LogP contribution in [0.3, 0.4) is 0 Å². The monoisotopic (exact) mass is 362 g/mol. The molecule has 0 aromatic heterocycles. The number of rotatable bonds is 1. The normalized spacial score (nSPS) is 12.8. The second-order valence-electron chi connectivity index (χ2n) is 7.36. The number of carbonyl (C=O) groups is 2. The highest BCUT2D eigenvalue weighted by molar-refractivity contribution is 6.32. The lowest BCUT2D eigenvalue weighted by atomic mass is 9.77. The summed E-state index contributed by atoms with van der Waals surface area (Å²) in [5.74, 6) is -0.156. The fourth-order valence-corrected chi connectivity index (χ4v) is 4.28. The van der Waals surface area contributed by atoms with Crippen molar-refractivity contribution >= 4 is 22.3 Å². The first-order valence-electron chi connectivity index (χ1n) is 9.38. The minimum atomic E-state index is -0.0785. The van der Waals surface area contributed by atoms with Gasteiger partial charge in [-0.1, -0.05) is 66.7 Å². The van der Waals surface area contributed by atoms with Gasteiger partial charge in [0.05, 0.1) is 0 Å². The highest BCUT2D eigenvalue weighted by Gasteiger charge is 2.33. The molecule has 0 fully saturated rings. The van der Waals surface area contributed by atoms with Crippen LogP contribution in [0.5, 0.6) is 0 Å². The fourth-order valence-electron chi connectivity index (χ4n) is 4.28. The van der Waals surface area contributed by atoms with E-state index in [4.69, 9.17) is 0 Å². The lowest BCUT2D eigenvalue weighted by molar-refractivity contribution is 0.0980. The molecule has 0 heterocycles. The van der Waals surface area contributed by atoms with Crippen LogP contribution in [0.15, 0.2) is 72.8 Å². The van der Waals surface area contributed by atoms with Gasteiger partial charge in [-0.3, -0.25) is 9.59 Å². The lowest BCUT2D eigenvalue weighted by Gasteiger charge is -2.23. The molecule has 0 N–H and O–H groups in total. The summed E-state index contributed by atoms with van der Waals surface area (Å²) in [5, 5.41) is 2.02. The summed E-state index contributed by atoms with van der Waals surface area (Å²) in [6.45, 7) is 4.08. The summed E-state index contributed by atoms with van der Waals surface area (Å²) in [5.41, 5.74) is 6.04. The van der Waals surface area contributed by atoms with Gasteiger partial charge in [0.25, 0.3) is 0 Å². The Morgan fingerprint density at radius 3 is 1.82 bits per heavy atom. The number of hydrogen-bond donors (Lipinski definition) is 0. The maximum Gasteiger partial charge on any atom is 0.195 e. The van der Waals surface area contributed by atoms with Crippen molar-refractivity contribution in [3.63, 3.8) is 0 Å². The van der Waals surface area contributed by atoms with Crippen LogP contribution >= 0.6 is 0 Å². The average molecular weight is 362 g/mol. The van der Waals surface area contributed by atoms with E-state index in [0.717, 1.165) is 33.0 Å². The standard InChI is InChI=1S/C26H18O2/c1-15-8-3-4-10-17(15)23-18-13-7-9-16(2)21(18)14-22-24(23)26(28)20-12-6-5-11-19(20)25(22)27/h3-14H,1-2H3. The van der Waals surface area contributed by atoms with Gasteiger partial charge in [-0.05, 0) is 47.4 Å². The molecular weight excluding hydrogens is 344 g/mol. The van der Waals surface area contributed by atoms with E-state index in [-0.39, 0.29) is 11.6 Å². The van der Waals surface area contributed by atoms with Crippen molar-refractivity contribution in [1.29, 1.82) is 0 Å². The summed E-state index contributed by atoms with van der Waals surface area (Å²) in [7, 11) is 0. The predicted octanol–water partition coefficient (Wildman–Crippen LogP) is 5.90. The second-order valence-corrected chi connectivity index (χ2v) is 7.36. The number of hydrogen-bond acceptors (Lipinski definition) is 2. The van der Waals surface area contributed by atoms with Gasteiger partial charge >= 0.3 is 0 Å². The van der Waals surface area contributed by atoms with Gasteiger partial charge in [0.15, 0.2) is 11.6 Å². The molecule has 0 amide bonds. The predicted molar refractivity (Wildman–Crippen MR) is 112 cm³/mol. The van der Waals surface area contributed by atoms with E-state index in [1.165, 1.54) is 0 Å². The van der Waals surface area contributed by atoms with Crippen molar-refractivity contribution in [3.05, 3.63) is 106 Å². The molecule has 134 valence electrons. The number of benzene rings is 4. The molecule has 4 aromatic rings. The van der Waals surface area contributed by atoms with Crippen LogP contribution in [0, 0.1) is 13.8 Å². The molecule has 0 aliphatic heterocycles. The molecule has 5 rings (SSSR count). The van der Waals surface area contributed by atoms with Crippen molar-refractivity contribution < 1.29 is 9.59 Å². The zero-order chi connectivity index (χ0) is 19.4. The molecule has 2 nitrogen and oxygen atoms in total. The van der Waals surface area contributed by atoms with E-state index in [1.807, 2.05) is 74.5 Å². The fraction of sp³-hybridized carbons (Fsp3) is 0.0769. The summed E-state index contributed by atoms with van der Waals surface area (Å²) in [4.78, 5) is 26.9. The average Bonchev–Trinajstić information content (AvgIpc) is 2.72. The summed E-state index contributed by atoms with van der Waals surface area (Å²) >= 11 is 0. The summed E-state index contributed by atoms with van der Waals surface area (Å²) in [6.07, 6.45) is 0. The van der Waals surface area contributed by atoms with Crippen LogP contribution in [0.25, 0.3) is 21.9 Å². The molecule has 0 atom stereocenters. The minimum absolute atomic E-state index is 0.0770. The Balaban J connectivity index is 1.99. The third-order valence-corrected chi connectivity index (χ3v) is 5.70. The molecule has 0 radical (unpaired) electrons. The van der Waals surface area contributed by atoms with Crippen LogP contribution in [0.1, 0.15) is 43.0 Å². The Morgan fingerprint density at radius 2 is 1.11 bits per heavy atom. The van der Waals surface area contributed by atoms with Crippen LogP contribution in [-0.4, -0.2) is 11.6 Å². The van der Waals surface area contributed by atoms with E-state index >= 15 is 0 Å². The Kier molecular flexibility index (Phi) is 3.56. The molecule has 0 unspecified atom stereocenters. The van der Waals surface area contributed by atoms with Gasteiger partial charge in [-0.2, -0.15) is 0 Å². The Morgan fingerprint density at radius 1 is 0.500 bits per heavy atom. The Labute approximate surface area is 163 Å². The zero-order valence-electron chi connectivity index (χ0n) is 15.7. The quantitative estimate of drug-likeness (QED) is 0.372. The molecule has 0 saturated carbocycles. The van der Waals surface area contributed by atoms with Crippen molar-refractivity contribution in [3.8, 4) is 11.1 Å². The van der Waals surface area contributed by atoms with E-state index in [1.54, 1.807) is 12.1 Å². The molecule has 0 saturated heterocycles. The smallest absolute Gasteiger partial charge is 0.195 e. The first kappa shape index (κ1) is 16.6. The minimum Gasteiger partial charge on any atom is -0.289 e. The second kappa shape index (κ2) is 6.00. The van der Waals surface area contributed by atoms with Crippen LogP contribution in [0.2, 0.25) is 0 Å². The van der Waals surface area contributed by atoms with Gasteiger partial charge in [-0.15, -0.1) is 0 Å². The summed E-state index contributed by atoms with van der Waals surface area (Å²) in [6, 6.07) is 23.2. The Hall–Kier alpha value is -3.52. The third-order valence-electron chi connectivity index (χ3n) is 5.70. The number of aryl methyl sites for hydroxylation is 2. The maximum absolute atomic E-state index is 13.5. The van der Waals surface area contributed by atoms with E-state index in [2.05, 4.69) is 0 Å². The van der Waals surface area contributed by atoms with Crippen LogP contribution in [-0.2, 0) is 0 Å². The van der Waals surface area contributed by atoms with Gasteiger partial charge in [0.2, 0.25) is 0 Å². The molecule has 0 bridgehead atoms. The number of ketones is 2. The molecule has 28 heavy (non-hydrogen) atoms. The van der Waals surface area contributed by atoms with Gasteiger partial charge in [0, 0.05) is 27.8 Å². The summed E-state index contributed by atoms with van der Waals surface area (Å²) < 4.78 is 0.